The largest absolute Gasteiger partial charge is 0.350 e. The zero-order valence-electron chi connectivity index (χ0n) is 13.0. The van der Waals surface area contributed by atoms with E-state index in [9.17, 15) is 9.59 Å². The fourth-order valence-corrected chi connectivity index (χ4v) is 1.86. The number of para-hydroxylation sites is 1. The first-order chi connectivity index (χ1) is 9.99. The molecule has 1 rings (SSSR count). The Morgan fingerprint density at radius 2 is 1.90 bits per heavy atom. The van der Waals surface area contributed by atoms with Gasteiger partial charge in [-0.1, -0.05) is 32.4 Å². The first-order valence-corrected chi connectivity index (χ1v) is 7.45. The van der Waals surface area contributed by atoms with Crippen LogP contribution in [0.3, 0.4) is 0 Å². The van der Waals surface area contributed by atoms with Gasteiger partial charge in [0.05, 0.1) is 17.3 Å². The van der Waals surface area contributed by atoms with Crippen LogP contribution in [0, 0.1) is 0 Å². The van der Waals surface area contributed by atoms with Crippen LogP contribution >= 0.6 is 0 Å². The Balaban J connectivity index is 2.84. The molecule has 0 aliphatic rings. The van der Waals surface area contributed by atoms with Gasteiger partial charge in [-0.2, -0.15) is 0 Å². The normalized spacial score (nSPS) is 13.3. The first-order valence-electron chi connectivity index (χ1n) is 7.45. The van der Waals surface area contributed by atoms with Crippen LogP contribution in [0.4, 0.5) is 5.69 Å². The lowest BCUT2D eigenvalue weighted by atomic mass is 10.1. The van der Waals surface area contributed by atoms with Crippen molar-refractivity contribution >= 4 is 17.5 Å². The van der Waals surface area contributed by atoms with Crippen molar-refractivity contribution in [3.05, 3.63) is 29.8 Å². The van der Waals surface area contributed by atoms with Crippen molar-refractivity contribution in [1.29, 1.82) is 0 Å². The Kier molecular flexibility index (Phi) is 6.88. The van der Waals surface area contributed by atoms with Gasteiger partial charge in [-0.15, -0.1) is 0 Å². The van der Waals surface area contributed by atoms with E-state index in [1.807, 2.05) is 20.8 Å². The number of nitrogens with two attached hydrogens (primary N) is 1. The summed E-state index contributed by atoms with van der Waals surface area (Å²) in [5, 5.41) is 5.63. The summed E-state index contributed by atoms with van der Waals surface area (Å²) >= 11 is 0. The molecule has 2 unspecified atom stereocenters. The summed E-state index contributed by atoms with van der Waals surface area (Å²) in [6.45, 7) is 5.92. The molecule has 21 heavy (non-hydrogen) atoms. The predicted molar refractivity (Wildman–Crippen MR) is 85.2 cm³/mol. The molecule has 116 valence electrons. The van der Waals surface area contributed by atoms with E-state index < -0.39 is 6.04 Å². The lowest BCUT2D eigenvalue weighted by Crippen LogP contribution is -2.37. The lowest BCUT2D eigenvalue weighted by molar-refractivity contribution is -0.117. The van der Waals surface area contributed by atoms with Crippen molar-refractivity contribution in [1.82, 2.24) is 5.32 Å². The van der Waals surface area contributed by atoms with Crippen molar-refractivity contribution in [2.24, 2.45) is 5.73 Å². The molecule has 0 aromatic heterocycles. The van der Waals surface area contributed by atoms with Gasteiger partial charge in [0.25, 0.3) is 5.91 Å². The van der Waals surface area contributed by atoms with Crippen LogP contribution in [0.5, 0.6) is 0 Å². The van der Waals surface area contributed by atoms with Crippen molar-refractivity contribution in [3.8, 4) is 0 Å². The molecule has 0 aliphatic heterocycles. The van der Waals surface area contributed by atoms with Crippen LogP contribution in [-0.4, -0.2) is 23.9 Å². The summed E-state index contributed by atoms with van der Waals surface area (Å²) < 4.78 is 0. The van der Waals surface area contributed by atoms with Crippen molar-refractivity contribution in [2.75, 3.05) is 5.32 Å². The minimum atomic E-state index is -0.555. The molecule has 4 N–H and O–H groups in total. The zero-order chi connectivity index (χ0) is 15.8. The summed E-state index contributed by atoms with van der Waals surface area (Å²) in [4.78, 5) is 24.2. The van der Waals surface area contributed by atoms with Gasteiger partial charge in [0, 0.05) is 6.04 Å². The second kappa shape index (κ2) is 8.42. The standard InChI is InChI=1S/C16H25N3O2/c1-4-8-13(17)16(21)19-14-10-7-6-9-12(14)15(20)18-11(3)5-2/h6-7,9-11,13H,4-5,8,17H2,1-3H3,(H,18,20)(H,19,21). The zero-order valence-corrected chi connectivity index (χ0v) is 13.0. The van der Waals surface area contributed by atoms with Crippen molar-refractivity contribution in [2.45, 2.75) is 52.1 Å². The smallest absolute Gasteiger partial charge is 0.253 e. The van der Waals surface area contributed by atoms with Crippen LogP contribution in [0.1, 0.15) is 50.4 Å². The van der Waals surface area contributed by atoms with E-state index in [0.29, 0.717) is 17.7 Å². The van der Waals surface area contributed by atoms with E-state index >= 15 is 0 Å². The number of hydrogen-bond acceptors (Lipinski definition) is 3. The van der Waals surface area contributed by atoms with E-state index in [-0.39, 0.29) is 17.9 Å². The fraction of sp³-hybridized carbons (Fsp3) is 0.500. The molecule has 0 spiro atoms. The molecule has 0 radical (unpaired) electrons. The van der Waals surface area contributed by atoms with Crippen molar-refractivity contribution in [3.63, 3.8) is 0 Å². The van der Waals surface area contributed by atoms with E-state index in [2.05, 4.69) is 10.6 Å². The molecule has 0 saturated carbocycles. The minimum absolute atomic E-state index is 0.0867. The molecule has 0 bridgehead atoms. The van der Waals surface area contributed by atoms with Gasteiger partial charge in [-0.05, 0) is 31.9 Å². The summed E-state index contributed by atoms with van der Waals surface area (Å²) in [6, 6.07) is 6.49. The number of amides is 2. The maximum atomic E-state index is 12.2. The molecular formula is C16H25N3O2. The average molecular weight is 291 g/mol. The average Bonchev–Trinajstić information content (AvgIpc) is 2.47. The number of hydrogen-bond donors (Lipinski definition) is 3. The predicted octanol–water partition coefficient (Wildman–Crippen LogP) is 2.28. The Bertz CT molecular complexity index is 488. The molecule has 0 saturated heterocycles. The number of carbonyl (C=O) groups is 2. The van der Waals surface area contributed by atoms with Crippen LogP contribution < -0.4 is 16.4 Å². The first kappa shape index (κ1) is 17.2. The lowest BCUT2D eigenvalue weighted by Gasteiger charge is -2.16. The molecule has 1 aromatic rings. The molecule has 2 atom stereocenters. The Morgan fingerprint density at radius 3 is 2.52 bits per heavy atom. The van der Waals surface area contributed by atoms with Gasteiger partial charge < -0.3 is 16.4 Å². The Hall–Kier alpha value is -1.88. The van der Waals surface area contributed by atoms with E-state index in [4.69, 9.17) is 5.73 Å². The number of nitrogens with one attached hydrogen (secondary N) is 2. The maximum absolute atomic E-state index is 12.2. The Morgan fingerprint density at radius 1 is 1.24 bits per heavy atom. The van der Waals surface area contributed by atoms with Gasteiger partial charge in [0.15, 0.2) is 0 Å². The molecule has 0 fully saturated rings. The van der Waals surface area contributed by atoms with Gasteiger partial charge in [-0.25, -0.2) is 0 Å². The van der Waals surface area contributed by atoms with E-state index in [1.54, 1.807) is 24.3 Å². The molecule has 0 heterocycles. The molecule has 0 aliphatic carbocycles. The topological polar surface area (TPSA) is 84.2 Å². The third kappa shape index (κ3) is 5.19. The second-order valence-corrected chi connectivity index (χ2v) is 5.21. The monoisotopic (exact) mass is 291 g/mol. The van der Waals surface area contributed by atoms with Gasteiger partial charge >= 0.3 is 0 Å². The third-order valence-corrected chi connectivity index (χ3v) is 3.36. The maximum Gasteiger partial charge on any atom is 0.253 e. The second-order valence-electron chi connectivity index (χ2n) is 5.21. The molecule has 5 nitrogen and oxygen atoms in total. The van der Waals surface area contributed by atoms with Gasteiger partial charge in [0.2, 0.25) is 5.91 Å². The highest BCUT2D eigenvalue weighted by Crippen LogP contribution is 2.16. The fourth-order valence-electron chi connectivity index (χ4n) is 1.86. The SMILES string of the molecule is CCCC(N)C(=O)Nc1ccccc1C(=O)NC(C)CC. The number of rotatable bonds is 7. The van der Waals surface area contributed by atoms with E-state index in [1.165, 1.54) is 0 Å². The number of anilines is 1. The van der Waals surface area contributed by atoms with E-state index in [0.717, 1.165) is 12.8 Å². The highest BCUT2D eigenvalue weighted by atomic mass is 16.2. The summed E-state index contributed by atoms with van der Waals surface area (Å²) in [5.41, 5.74) is 6.74. The summed E-state index contributed by atoms with van der Waals surface area (Å²) in [5.74, 6) is -0.454. The number of benzene rings is 1. The molecule has 1 aromatic carbocycles. The Labute approximate surface area is 126 Å². The van der Waals surface area contributed by atoms with Crippen LogP contribution in [-0.2, 0) is 4.79 Å². The summed E-state index contributed by atoms with van der Waals surface area (Å²) in [7, 11) is 0. The summed E-state index contributed by atoms with van der Waals surface area (Å²) in [6.07, 6.45) is 2.30. The van der Waals surface area contributed by atoms with Gasteiger partial charge in [-0.3, -0.25) is 9.59 Å². The van der Waals surface area contributed by atoms with Crippen LogP contribution in [0.2, 0.25) is 0 Å². The molecule has 2 amide bonds. The van der Waals surface area contributed by atoms with Gasteiger partial charge in [0.1, 0.15) is 0 Å². The van der Waals surface area contributed by atoms with Crippen LogP contribution in [0.15, 0.2) is 24.3 Å². The highest BCUT2D eigenvalue weighted by molar-refractivity contribution is 6.04. The minimum Gasteiger partial charge on any atom is -0.350 e. The molecule has 5 heteroatoms. The number of carbonyl (C=O) groups excluding carboxylic acids is 2. The van der Waals surface area contributed by atoms with Crippen LogP contribution in [0.25, 0.3) is 0 Å². The molecular weight excluding hydrogens is 266 g/mol. The third-order valence-electron chi connectivity index (χ3n) is 3.36. The quantitative estimate of drug-likeness (QED) is 0.720. The highest BCUT2D eigenvalue weighted by Gasteiger charge is 2.17. The van der Waals surface area contributed by atoms with Crippen molar-refractivity contribution < 1.29 is 9.59 Å².